The van der Waals surface area contributed by atoms with Gasteiger partial charge in [-0.3, -0.25) is 4.79 Å². The third-order valence-corrected chi connectivity index (χ3v) is 7.69. The Morgan fingerprint density at radius 1 is 1.07 bits per heavy atom. The smallest absolute Gasteiger partial charge is 0.255 e. The fraction of sp³-hybridized carbons (Fsp3) is 0.207. The van der Waals surface area contributed by atoms with E-state index in [0.29, 0.717) is 55.5 Å². The molecule has 0 saturated carbocycles. The van der Waals surface area contributed by atoms with Crippen molar-refractivity contribution in [2.24, 2.45) is 0 Å². The second kappa shape index (κ2) is 11.9. The van der Waals surface area contributed by atoms with Gasteiger partial charge in [0.15, 0.2) is 11.5 Å². The molecule has 2 heterocycles. The van der Waals surface area contributed by atoms with Gasteiger partial charge in [0.1, 0.15) is 19.0 Å². The Labute approximate surface area is 250 Å². The molecule has 1 amide bonds. The largest absolute Gasteiger partial charge is 0.490 e. The summed E-state index contributed by atoms with van der Waals surface area (Å²) < 4.78 is 14.5. The number of ether oxygens (including phenoxy) is 2. The van der Waals surface area contributed by atoms with Crippen LogP contribution in [0.5, 0.6) is 11.5 Å². The first-order chi connectivity index (χ1) is 19.2. The Hall–Kier alpha value is -3.53. The Balaban J connectivity index is 1.52. The maximum atomic E-state index is 13.7. The molecule has 2 N–H and O–H groups in total. The SMILES string of the molecule is CCOc1cc(C2C(C(=O)Nc3ccc(C)cc3)=C(C)Nc3ncnn32)cc(Br)c1OCc1ccc(Cl)c(Cl)c1. The molecular weight excluding hydrogens is 617 g/mol. The van der Waals surface area contributed by atoms with Gasteiger partial charge in [0.25, 0.3) is 5.91 Å². The summed E-state index contributed by atoms with van der Waals surface area (Å²) >= 11 is 15.9. The first-order valence-corrected chi connectivity index (χ1v) is 14.1. The summed E-state index contributed by atoms with van der Waals surface area (Å²) in [7, 11) is 0. The van der Waals surface area contributed by atoms with Gasteiger partial charge in [0, 0.05) is 11.4 Å². The van der Waals surface area contributed by atoms with E-state index < -0.39 is 6.04 Å². The van der Waals surface area contributed by atoms with Gasteiger partial charge >= 0.3 is 0 Å². The molecule has 1 aromatic heterocycles. The molecule has 8 nitrogen and oxygen atoms in total. The minimum absolute atomic E-state index is 0.249. The van der Waals surface area contributed by atoms with Crippen molar-refractivity contribution in [2.75, 3.05) is 17.2 Å². The van der Waals surface area contributed by atoms with Crippen LogP contribution in [0.1, 0.15) is 36.6 Å². The zero-order valence-electron chi connectivity index (χ0n) is 22.0. The van der Waals surface area contributed by atoms with Crippen molar-refractivity contribution in [3.8, 4) is 11.5 Å². The highest BCUT2D eigenvalue weighted by atomic mass is 79.9. The first-order valence-electron chi connectivity index (χ1n) is 12.5. The normalized spacial score (nSPS) is 14.4. The summed E-state index contributed by atoms with van der Waals surface area (Å²) in [6.45, 7) is 6.40. The molecule has 5 rings (SSSR count). The lowest BCUT2D eigenvalue weighted by Crippen LogP contribution is -2.31. The quantitative estimate of drug-likeness (QED) is 0.206. The number of anilines is 2. The summed E-state index contributed by atoms with van der Waals surface area (Å²) in [6.07, 6.45) is 1.46. The molecular formula is C29H26BrCl2N5O3. The Morgan fingerprint density at radius 2 is 1.85 bits per heavy atom. The van der Waals surface area contributed by atoms with Crippen molar-refractivity contribution in [1.82, 2.24) is 14.8 Å². The summed E-state index contributed by atoms with van der Waals surface area (Å²) in [5.74, 6) is 1.32. The van der Waals surface area contributed by atoms with Crippen LogP contribution in [0.25, 0.3) is 0 Å². The lowest BCUT2D eigenvalue weighted by Gasteiger charge is -2.29. The maximum Gasteiger partial charge on any atom is 0.255 e. The fourth-order valence-electron chi connectivity index (χ4n) is 4.46. The van der Waals surface area contributed by atoms with Crippen molar-refractivity contribution in [3.05, 3.63) is 103 Å². The number of halogens is 3. The number of rotatable bonds is 8. The lowest BCUT2D eigenvalue weighted by atomic mass is 9.94. The molecule has 0 fully saturated rings. The van der Waals surface area contributed by atoms with Crippen LogP contribution >= 0.6 is 39.1 Å². The Morgan fingerprint density at radius 3 is 2.58 bits per heavy atom. The predicted molar refractivity (Wildman–Crippen MR) is 160 cm³/mol. The highest BCUT2D eigenvalue weighted by Gasteiger charge is 2.34. The van der Waals surface area contributed by atoms with Gasteiger partial charge in [-0.05, 0) is 84.2 Å². The van der Waals surface area contributed by atoms with Crippen molar-refractivity contribution in [3.63, 3.8) is 0 Å². The van der Waals surface area contributed by atoms with Gasteiger partial charge in [-0.25, -0.2) is 4.68 Å². The van der Waals surface area contributed by atoms with E-state index in [2.05, 4.69) is 36.6 Å². The third kappa shape index (κ3) is 5.82. The van der Waals surface area contributed by atoms with Gasteiger partial charge in [0.05, 0.1) is 26.7 Å². The molecule has 1 aliphatic rings. The number of hydrogen-bond donors (Lipinski definition) is 2. The second-order valence-corrected chi connectivity index (χ2v) is 10.9. The molecule has 0 saturated heterocycles. The van der Waals surface area contributed by atoms with Gasteiger partial charge in [-0.1, -0.05) is 47.0 Å². The number of allylic oxidation sites excluding steroid dienone is 1. The monoisotopic (exact) mass is 641 g/mol. The summed E-state index contributed by atoms with van der Waals surface area (Å²) in [6, 6.07) is 16.2. The number of nitrogens with zero attached hydrogens (tertiary/aromatic N) is 3. The number of benzene rings is 3. The number of nitrogens with one attached hydrogen (secondary N) is 2. The van der Waals surface area contributed by atoms with Crippen LogP contribution in [-0.2, 0) is 11.4 Å². The fourth-order valence-corrected chi connectivity index (χ4v) is 5.36. The molecule has 0 spiro atoms. The van der Waals surface area contributed by atoms with E-state index in [9.17, 15) is 4.79 Å². The molecule has 3 aromatic carbocycles. The standard InChI is InChI=1S/C29H26BrCl2N5O3/c1-4-39-24-13-19(12-21(30)27(24)40-14-18-7-10-22(31)23(32)11-18)26-25(17(3)35-29-33-15-34-37(26)29)28(38)36-20-8-5-16(2)6-9-20/h5-13,15,26H,4,14H2,1-3H3,(H,36,38)(H,33,34,35). The minimum atomic E-state index is -0.580. The minimum Gasteiger partial charge on any atom is -0.490 e. The Bertz CT molecular complexity index is 1600. The number of amides is 1. The van der Waals surface area contributed by atoms with E-state index in [-0.39, 0.29) is 12.5 Å². The molecule has 1 aliphatic heterocycles. The number of hydrogen-bond acceptors (Lipinski definition) is 6. The van der Waals surface area contributed by atoms with Crippen LogP contribution in [0, 0.1) is 6.92 Å². The molecule has 0 bridgehead atoms. The zero-order chi connectivity index (χ0) is 28.4. The van der Waals surface area contributed by atoms with Gasteiger partial charge in [0.2, 0.25) is 5.95 Å². The lowest BCUT2D eigenvalue weighted by molar-refractivity contribution is -0.113. The number of carbonyl (C=O) groups is 1. The zero-order valence-corrected chi connectivity index (χ0v) is 25.1. The van der Waals surface area contributed by atoms with E-state index in [0.717, 1.165) is 16.7 Å². The van der Waals surface area contributed by atoms with Gasteiger partial charge in [-0.2, -0.15) is 10.1 Å². The van der Waals surface area contributed by atoms with Crippen LogP contribution in [-0.4, -0.2) is 27.3 Å². The molecule has 206 valence electrons. The van der Waals surface area contributed by atoms with E-state index in [4.69, 9.17) is 32.7 Å². The van der Waals surface area contributed by atoms with E-state index in [1.807, 2.05) is 63.2 Å². The molecule has 40 heavy (non-hydrogen) atoms. The van der Waals surface area contributed by atoms with Crippen LogP contribution in [0.15, 0.2) is 76.7 Å². The summed E-state index contributed by atoms with van der Waals surface area (Å²) in [4.78, 5) is 18.0. The first kappa shape index (κ1) is 28.0. The topological polar surface area (TPSA) is 90.3 Å². The third-order valence-electron chi connectivity index (χ3n) is 6.36. The van der Waals surface area contributed by atoms with E-state index in [1.165, 1.54) is 6.33 Å². The van der Waals surface area contributed by atoms with Crippen molar-refractivity contribution in [2.45, 2.75) is 33.4 Å². The van der Waals surface area contributed by atoms with Gasteiger partial charge in [-0.15, -0.1) is 0 Å². The van der Waals surface area contributed by atoms with Gasteiger partial charge < -0.3 is 20.1 Å². The van der Waals surface area contributed by atoms with Crippen molar-refractivity contribution in [1.29, 1.82) is 0 Å². The maximum absolute atomic E-state index is 13.7. The van der Waals surface area contributed by atoms with Crippen LogP contribution in [0.2, 0.25) is 10.0 Å². The number of fused-ring (bicyclic) bond motifs is 1. The molecule has 0 radical (unpaired) electrons. The molecule has 1 atom stereocenters. The number of carbonyl (C=O) groups excluding carboxylic acids is 1. The molecule has 4 aromatic rings. The number of aryl methyl sites for hydroxylation is 1. The van der Waals surface area contributed by atoms with Crippen LogP contribution < -0.4 is 20.1 Å². The van der Waals surface area contributed by atoms with E-state index in [1.54, 1.807) is 16.8 Å². The van der Waals surface area contributed by atoms with Crippen LogP contribution in [0.3, 0.4) is 0 Å². The van der Waals surface area contributed by atoms with E-state index >= 15 is 0 Å². The predicted octanol–water partition coefficient (Wildman–Crippen LogP) is 7.56. The summed E-state index contributed by atoms with van der Waals surface area (Å²) in [5, 5.41) is 11.6. The average Bonchev–Trinajstić information content (AvgIpc) is 3.38. The molecule has 11 heteroatoms. The summed E-state index contributed by atoms with van der Waals surface area (Å²) in [5.41, 5.74) is 4.58. The van der Waals surface area contributed by atoms with Crippen molar-refractivity contribution < 1.29 is 14.3 Å². The molecule has 0 aliphatic carbocycles. The van der Waals surface area contributed by atoms with Crippen LogP contribution in [0.4, 0.5) is 11.6 Å². The Kier molecular flexibility index (Phi) is 8.35. The second-order valence-electron chi connectivity index (χ2n) is 9.21. The average molecular weight is 643 g/mol. The highest BCUT2D eigenvalue weighted by molar-refractivity contribution is 9.10. The number of aromatic nitrogens is 3. The highest BCUT2D eigenvalue weighted by Crippen LogP contribution is 2.43. The van der Waals surface area contributed by atoms with Crippen molar-refractivity contribution >= 4 is 56.7 Å². The molecule has 1 unspecified atom stereocenters.